The van der Waals surface area contributed by atoms with Gasteiger partial charge in [-0.05, 0) is 62.6 Å². The summed E-state index contributed by atoms with van der Waals surface area (Å²) in [6, 6.07) is 15.9. The summed E-state index contributed by atoms with van der Waals surface area (Å²) < 4.78 is 32.9. The van der Waals surface area contributed by atoms with Crippen molar-refractivity contribution in [2.24, 2.45) is 0 Å². The summed E-state index contributed by atoms with van der Waals surface area (Å²) >= 11 is 0. The summed E-state index contributed by atoms with van der Waals surface area (Å²) in [4.78, 5) is 13.2. The maximum absolute atomic E-state index is 13.1. The molecule has 1 aliphatic rings. The lowest BCUT2D eigenvalue weighted by Crippen LogP contribution is -2.28. The molecule has 0 radical (unpaired) electrons. The molecule has 1 heterocycles. The Morgan fingerprint density at radius 1 is 1.03 bits per heavy atom. The van der Waals surface area contributed by atoms with Crippen molar-refractivity contribution >= 4 is 21.6 Å². The van der Waals surface area contributed by atoms with Gasteiger partial charge in [-0.15, -0.1) is 0 Å². The van der Waals surface area contributed by atoms with E-state index in [1.807, 2.05) is 13.8 Å². The van der Waals surface area contributed by atoms with Gasteiger partial charge >= 0.3 is 0 Å². The van der Waals surface area contributed by atoms with Crippen LogP contribution in [0.3, 0.4) is 0 Å². The van der Waals surface area contributed by atoms with Crippen LogP contribution in [0.25, 0.3) is 0 Å². The SMILES string of the molecule is Cc1cc(C)cc(C2(C(=O)Nc3cccc(S(=O)(=O)NCc4ccco4)c3)CC2)c1. The van der Waals surface area contributed by atoms with E-state index in [0.29, 0.717) is 11.4 Å². The first-order valence-corrected chi connectivity index (χ1v) is 11.3. The van der Waals surface area contributed by atoms with Gasteiger partial charge in [0.1, 0.15) is 5.76 Å². The molecule has 3 aromatic rings. The van der Waals surface area contributed by atoms with Gasteiger partial charge in [0, 0.05) is 5.69 Å². The van der Waals surface area contributed by atoms with Crippen molar-refractivity contribution in [1.82, 2.24) is 4.72 Å². The molecule has 0 bridgehead atoms. The van der Waals surface area contributed by atoms with E-state index in [-0.39, 0.29) is 17.3 Å². The molecule has 0 spiro atoms. The first-order valence-electron chi connectivity index (χ1n) is 9.81. The minimum Gasteiger partial charge on any atom is -0.468 e. The molecule has 1 aromatic heterocycles. The Morgan fingerprint density at radius 3 is 2.40 bits per heavy atom. The van der Waals surface area contributed by atoms with Crippen LogP contribution in [0.4, 0.5) is 5.69 Å². The number of nitrogens with one attached hydrogen (secondary N) is 2. The maximum Gasteiger partial charge on any atom is 0.241 e. The number of furan rings is 1. The average molecular weight is 425 g/mol. The standard InChI is InChI=1S/C23H24N2O4S/c1-16-11-17(2)13-18(12-16)23(8-9-23)22(26)25-19-5-3-7-21(14-19)30(27,28)24-15-20-6-4-10-29-20/h3-7,10-14,24H,8-9,15H2,1-2H3,(H,25,26). The number of carbonyl (C=O) groups excluding carboxylic acids is 1. The topological polar surface area (TPSA) is 88.4 Å². The zero-order valence-electron chi connectivity index (χ0n) is 16.9. The van der Waals surface area contributed by atoms with E-state index in [0.717, 1.165) is 29.5 Å². The molecule has 1 aliphatic carbocycles. The molecule has 0 atom stereocenters. The molecule has 2 N–H and O–H groups in total. The van der Waals surface area contributed by atoms with Gasteiger partial charge in [-0.2, -0.15) is 0 Å². The fraction of sp³-hybridized carbons (Fsp3) is 0.261. The number of amides is 1. The third-order valence-electron chi connectivity index (χ3n) is 5.38. The van der Waals surface area contributed by atoms with Crippen LogP contribution in [0.5, 0.6) is 0 Å². The lowest BCUT2D eigenvalue weighted by molar-refractivity contribution is -0.118. The second-order valence-corrected chi connectivity index (χ2v) is 9.61. The Labute approximate surface area is 176 Å². The first kappa shape index (κ1) is 20.4. The van der Waals surface area contributed by atoms with E-state index >= 15 is 0 Å². The van der Waals surface area contributed by atoms with Gasteiger partial charge in [-0.3, -0.25) is 4.79 Å². The second kappa shape index (κ2) is 7.74. The van der Waals surface area contributed by atoms with E-state index in [4.69, 9.17) is 4.42 Å². The minimum atomic E-state index is -3.74. The molecular weight excluding hydrogens is 400 g/mol. The smallest absolute Gasteiger partial charge is 0.241 e. The van der Waals surface area contributed by atoms with Crippen LogP contribution in [-0.2, 0) is 26.8 Å². The number of anilines is 1. The molecule has 6 nitrogen and oxygen atoms in total. The molecule has 0 saturated heterocycles. The van der Waals surface area contributed by atoms with Gasteiger partial charge in [-0.25, -0.2) is 13.1 Å². The van der Waals surface area contributed by atoms with Crippen molar-refractivity contribution in [3.05, 3.63) is 83.3 Å². The van der Waals surface area contributed by atoms with Gasteiger partial charge in [-0.1, -0.05) is 35.4 Å². The van der Waals surface area contributed by atoms with E-state index in [9.17, 15) is 13.2 Å². The van der Waals surface area contributed by atoms with Crippen LogP contribution in [0.15, 0.2) is 70.2 Å². The second-order valence-electron chi connectivity index (χ2n) is 7.84. The summed E-state index contributed by atoms with van der Waals surface area (Å²) in [5.41, 5.74) is 3.18. The molecule has 2 aromatic carbocycles. The molecule has 156 valence electrons. The normalized spacial score (nSPS) is 15.0. The lowest BCUT2D eigenvalue weighted by Gasteiger charge is -2.17. The van der Waals surface area contributed by atoms with E-state index in [2.05, 4.69) is 28.2 Å². The monoisotopic (exact) mass is 424 g/mol. The molecule has 0 unspecified atom stereocenters. The fourth-order valence-corrected chi connectivity index (χ4v) is 4.72. The van der Waals surface area contributed by atoms with Crippen LogP contribution in [0, 0.1) is 13.8 Å². The highest BCUT2D eigenvalue weighted by Crippen LogP contribution is 2.49. The fourth-order valence-electron chi connectivity index (χ4n) is 3.68. The molecule has 0 aliphatic heterocycles. The third-order valence-corrected chi connectivity index (χ3v) is 6.78. The van der Waals surface area contributed by atoms with Crippen LogP contribution in [-0.4, -0.2) is 14.3 Å². The van der Waals surface area contributed by atoms with Crippen LogP contribution in [0.2, 0.25) is 0 Å². The summed E-state index contributed by atoms with van der Waals surface area (Å²) in [6.45, 7) is 4.10. The van der Waals surface area contributed by atoms with Crippen molar-refractivity contribution in [2.45, 2.75) is 43.5 Å². The number of benzene rings is 2. The number of hydrogen-bond acceptors (Lipinski definition) is 4. The highest BCUT2D eigenvalue weighted by Gasteiger charge is 2.51. The third kappa shape index (κ3) is 4.17. The van der Waals surface area contributed by atoms with E-state index in [1.54, 1.807) is 24.3 Å². The predicted octanol–water partition coefficient (Wildman–Crippen LogP) is 4.05. The zero-order chi connectivity index (χ0) is 21.4. The Hall–Kier alpha value is -2.90. The maximum atomic E-state index is 13.1. The zero-order valence-corrected chi connectivity index (χ0v) is 17.8. The highest BCUT2D eigenvalue weighted by molar-refractivity contribution is 7.89. The number of aryl methyl sites for hydroxylation is 2. The Morgan fingerprint density at radius 2 is 1.77 bits per heavy atom. The van der Waals surface area contributed by atoms with Crippen LogP contribution in [0.1, 0.15) is 35.3 Å². The van der Waals surface area contributed by atoms with Crippen LogP contribution >= 0.6 is 0 Å². The Kier molecular flexibility index (Phi) is 5.26. The van der Waals surface area contributed by atoms with Crippen molar-refractivity contribution in [3.8, 4) is 0 Å². The average Bonchev–Trinajstić information content (AvgIpc) is 3.35. The highest BCUT2D eigenvalue weighted by atomic mass is 32.2. The van der Waals surface area contributed by atoms with Crippen molar-refractivity contribution in [1.29, 1.82) is 0 Å². The largest absolute Gasteiger partial charge is 0.468 e. The number of hydrogen-bond donors (Lipinski definition) is 2. The van der Waals surface area contributed by atoms with Gasteiger partial charge < -0.3 is 9.73 Å². The molecule has 1 fully saturated rings. The van der Waals surface area contributed by atoms with E-state index < -0.39 is 15.4 Å². The molecule has 1 saturated carbocycles. The summed E-state index contributed by atoms with van der Waals surface area (Å²) in [6.07, 6.45) is 3.05. The first-order chi connectivity index (χ1) is 14.3. The van der Waals surface area contributed by atoms with Gasteiger partial charge in [0.15, 0.2) is 0 Å². The number of carbonyl (C=O) groups is 1. The van der Waals surface area contributed by atoms with Crippen molar-refractivity contribution in [2.75, 3.05) is 5.32 Å². The predicted molar refractivity (Wildman–Crippen MR) is 115 cm³/mol. The minimum absolute atomic E-state index is 0.0573. The van der Waals surface area contributed by atoms with Crippen LogP contribution < -0.4 is 10.0 Å². The lowest BCUT2D eigenvalue weighted by atomic mass is 9.92. The number of sulfonamides is 1. The Balaban J connectivity index is 1.51. The summed E-state index contributed by atoms with van der Waals surface area (Å²) in [5, 5.41) is 2.91. The van der Waals surface area contributed by atoms with E-state index in [1.165, 1.54) is 18.4 Å². The molecule has 30 heavy (non-hydrogen) atoms. The number of rotatable bonds is 7. The molecule has 1 amide bonds. The van der Waals surface area contributed by atoms with Gasteiger partial charge in [0.25, 0.3) is 0 Å². The quantitative estimate of drug-likeness (QED) is 0.599. The van der Waals surface area contributed by atoms with Gasteiger partial charge in [0.2, 0.25) is 15.9 Å². The molecule has 7 heteroatoms. The van der Waals surface area contributed by atoms with Crippen molar-refractivity contribution < 1.29 is 17.6 Å². The van der Waals surface area contributed by atoms with Crippen molar-refractivity contribution in [3.63, 3.8) is 0 Å². The van der Waals surface area contributed by atoms with Gasteiger partial charge in [0.05, 0.1) is 23.1 Å². The Bertz CT molecular complexity index is 1160. The summed E-state index contributed by atoms with van der Waals surface area (Å²) in [7, 11) is -3.74. The molecule has 4 rings (SSSR count). The summed E-state index contributed by atoms with van der Waals surface area (Å²) in [5.74, 6) is 0.415. The molecular formula is C23H24N2O4S.